The summed E-state index contributed by atoms with van der Waals surface area (Å²) in [5.41, 5.74) is 0. The molecule has 0 bridgehead atoms. The first-order valence-electron chi connectivity index (χ1n) is 6.76. The third kappa shape index (κ3) is 4.23. The predicted molar refractivity (Wildman–Crippen MR) is 83.2 cm³/mol. The fourth-order valence-electron chi connectivity index (χ4n) is 2.19. The first-order chi connectivity index (χ1) is 9.91. The minimum absolute atomic E-state index is 0.0895. The highest BCUT2D eigenvalue weighted by atomic mass is 79.9. The topological polar surface area (TPSA) is 52.6 Å². The second-order valence-corrected chi connectivity index (χ2v) is 7.86. The molecule has 1 fully saturated rings. The van der Waals surface area contributed by atoms with Gasteiger partial charge < -0.3 is 5.32 Å². The van der Waals surface area contributed by atoms with Crippen molar-refractivity contribution in [2.24, 2.45) is 0 Å². The van der Waals surface area contributed by atoms with E-state index in [1.165, 1.54) is 10.4 Å². The van der Waals surface area contributed by atoms with Crippen LogP contribution in [-0.4, -0.2) is 63.9 Å². The van der Waals surface area contributed by atoms with Crippen molar-refractivity contribution >= 4 is 26.0 Å². The van der Waals surface area contributed by atoms with Gasteiger partial charge in [-0.3, -0.25) is 4.90 Å². The molecule has 0 radical (unpaired) electrons. The number of nitrogens with zero attached hydrogens (tertiary/aromatic N) is 2. The average Bonchev–Trinajstić information content (AvgIpc) is 2.45. The van der Waals surface area contributed by atoms with Crippen molar-refractivity contribution in [1.29, 1.82) is 0 Å². The number of benzene rings is 1. The Morgan fingerprint density at radius 2 is 2.05 bits per heavy atom. The van der Waals surface area contributed by atoms with E-state index in [-0.39, 0.29) is 9.37 Å². The molecular weight excluding hydrogens is 361 g/mol. The van der Waals surface area contributed by atoms with Crippen molar-refractivity contribution < 1.29 is 12.8 Å². The molecule has 0 unspecified atom stereocenters. The highest BCUT2D eigenvalue weighted by molar-refractivity contribution is 9.10. The third-order valence-corrected chi connectivity index (χ3v) is 6.36. The van der Waals surface area contributed by atoms with Gasteiger partial charge in [0.1, 0.15) is 5.82 Å². The molecule has 0 spiro atoms. The van der Waals surface area contributed by atoms with Gasteiger partial charge in [-0.1, -0.05) is 0 Å². The van der Waals surface area contributed by atoms with Gasteiger partial charge in [0.2, 0.25) is 10.0 Å². The van der Waals surface area contributed by atoms with Gasteiger partial charge in [0.05, 0.1) is 4.90 Å². The normalized spacial score (nSPS) is 17.3. The fourth-order valence-corrected chi connectivity index (χ4v) is 4.36. The smallest absolute Gasteiger partial charge is 0.243 e. The molecule has 0 atom stereocenters. The zero-order valence-corrected chi connectivity index (χ0v) is 14.3. The van der Waals surface area contributed by atoms with E-state index in [0.29, 0.717) is 13.1 Å². The lowest BCUT2D eigenvalue weighted by molar-refractivity contribution is 0.229. The summed E-state index contributed by atoms with van der Waals surface area (Å²) in [7, 11) is -2.06. The minimum atomic E-state index is -3.61. The lowest BCUT2D eigenvalue weighted by Gasteiger charge is -2.29. The van der Waals surface area contributed by atoms with Gasteiger partial charge in [-0.2, -0.15) is 4.31 Å². The first kappa shape index (κ1) is 16.8. The first-order valence-corrected chi connectivity index (χ1v) is 8.99. The van der Waals surface area contributed by atoms with Gasteiger partial charge >= 0.3 is 0 Å². The third-order valence-electron chi connectivity index (χ3n) is 3.52. The molecule has 118 valence electrons. The molecule has 1 heterocycles. The number of nitrogens with one attached hydrogen (secondary N) is 1. The van der Waals surface area contributed by atoms with E-state index in [9.17, 15) is 12.8 Å². The predicted octanol–water partition coefficient (Wildman–Crippen LogP) is 1.11. The van der Waals surface area contributed by atoms with Gasteiger partial charge in [0.15, 0.2) is 0 Å². The Kier molecular flexibility index (Phi) is 5.73. The summed E-state index contributed by atoms with van der Waals surface area (Å²) in [6.07, 6.45) is 0. The number of halogens is 2. The summed E-state index contributed by atoms with van der Waals surface area (Å²) in [5.74, 6) is -0.468. The number of piperazine rings is 1. The molecule has 1 aromatic carbocycles. The molecule has 8 heteroatoms. The summed E-state index contributed by atoms with van der Waals surface area (Å²) in [5, 5.41) is 3.26. The van der Waals surface area contributed by atoms with Crippen molar-refractivity contribution in [2.45, 2.75) is 4.90 Å². The van der Waals surface area contributed by atoms with Gasteiger partial charge in [0.25, 0.3) is 0 Å². The van der Waals surface area contributed by atoms with E-state index in [1.807, 2.05) is 0 Å². The summed E-state index contributed by atoms with van der Waals surface area (Å²) < 4.78 is 39.6. The monoisotopic (exact) mass is 379 g/mol. The Hall–Kier alpha value is -0.540. The van der Waals surface area contributed by atoms with Crippen LogP contribution in [0.15, 0.2) is 27.6 Å². The molecule has 1 N–H and O–H groups in total. The van der Waals surface area contributed by atoms with Crippen LogP contribution in [0.4, 0.5) is 4.39 Å². The standard InChI is InChI=1S/C13H19BrFN3O2S/c1-17(8-9-18-6-4-16-5-7-18)21(19,20)13-3-2-11(15)10-12(13)14/h2-3,10,16H,4-9H2,1H3. The van der Waals surface area contributed by atoms with Crippen LogP contribution in [0.1, 0.15) is 0 Å². The van der Waals surface area contributed by atoms with Gasteiger partial charge in [-0.25, -0.2) is 12.8 Å². The number of rotatable bonds is 5. The van der Waals surface area contributed by atoms with E-state index in [4.69, 9.17) is 0 Å². The zero-order valence-electron chi connectivity index (χ0n) is 11.8. The summed E-state index contributed by atoms with van der Waals surface area (Å²) in [6.45, 7) is 4.81. The molecule has 0 amide bonds. The van der Waals surface area contributed by atoms with E-state index in [1.54, 1.807) is 7.05 Å². The molecule has 2 rings (SSSR count). The Morgan fingerprint density at radius 3 is 2.67 bits per heavy atom. The summed E-state index contributed by atoms with van der Waals surface area (Å²) >= 11 is 3.11. The maximum atomic E-state index is 13.1. The second kappa shape index (κ2) is 7.15. The molecule has 0 aromatic heterocycles. The second-order valence-electron chi connectivity index (χ2n) is 4.99. The van der Waals surface area contributed by atoms with Crippen LogP contribution in [0.5, 0.6) is 0 Å². The molecule has 1 aliphatic rings. The lowest BCUT2D eigenvalue weighted by atomic mass is 10.3. The number of hydrogen-bond donors (Lipinski definition) is 1. The highest BCUT2D eigenvalue weighted by Gasteiger charge is 2.24. The molecule has 1 aliphatic heterocycles. The summed E-state index contributed by atoms with van der Waals surface area (Å²) in [4.78, 5) is 2.31. The molecular formula is C13H19BrFN3O2S. The fraction of sp³-hybridized carbons (Fsp3) is 0.538. The molecule has 0 saturated carbocycles. The Morgan fingerprint density at radius 1 is 1.38 bits per heavy atom. The van der Waals surface area contributed by atoms with Crippen molar-refractivity contribution in [3.63, 3.8) is 0 Å². The summed E-state index contributed by atoms with van der Waals surface area (Å²) in [6, 6.07) is 3.61. The Bertz CT molecular complexity index is 591. The lowest BCUT2D eigenvalue weighted by Crippen LogP contribution is -2.46. The van der Waals surface area contributed by atoms with E-state index >= 15 is 0 Å². The van der Waals surface area contributed by atoms with Crippen molar-refractivity contribution in [1.82, 2.24) is 14.5 Å². The quantitative estimate of drug-likeness (QED) is 0.832. The van der Waals surface area contributed by atoms with Gasteiger partial charge in [-0.15, -0.1) is 0 Å². The van der Waals surface area contributed by atoms with E-state index in [0.717, 1.165) is 38.3 Å². The number of likely N-dealkylation sites (N-methyl/N-ethyl adjacent to an activating group) is 1. The van der Waals surface area contributed by atoms with Crippen LogP contribution in [0.25, 0.3) is 0 Å². The van der Waals surface area contributed by atoms with E-state index in [2.05, 4.69) is 26.1 Å². The highest BCUT2D eigenvalue weighted by Crippen LogP contribution is 2.25. The maximum absolute atomic E-state index is 13.1. The Balaban J connectivity index is 2.04. The number of sulfonamides is 1. The van der Waals surface area contributed by atoms with Crippen molar-refractivity contribution in [3.8, 4) is 0 Å². The van der Waals surface area contributed by atoms with Crippen LogP contribution in [-0.2, 0) is 10.0 Å². The average molecular weight is 380 g/mol. The van der Waals surface area contributed by atoms with Crippen LogP contribution >= 0.6 is 15.9 Å². The molecule has 1 saturated heterocycles. The molecule has 21 heavy (non-hydrogen) atoms. The Labute approximate surface area is 133 Å². The van der Waals surface area contributed by atoms with Crippen LogP contribution in [0, 0.1) is 5.82 Å². The van der Waals surface area contributed by atoms with Gasteiger partial charge in [-0.05, 0) is 34.1 Å². The van der Waals surface area contributed by atoms with Gasteiger partial charge in [0, 0.05) is 50.8 Å². The van der Waals surface area contributed by atoms with Crippen LogP contribution in [0.2, 0.25) is 0 Å². The van der Waals surface area contributed by atoms with Crippen molar-refractivity contribution in [3.05, 3.63) is 28.5 Å². The molecule has 5 nitrogen and oxygen atoms in total. The largest absolute Gasteiger partial charge is 0.314 e. The SMILES string of the molecule is CN(CCN1CCNCC1)S(=O)(=O)c1ccc(F)cc1Br. The molecule has 1 aromatic rings. The zero-order chi connectivity index (χ0) is 15.5. The van der Waals surface area contributed by atoms with E-state index < -0.39 is 15.8 Å². The number of hydrogen-bond acceptors (Lipinski definition) is 4. The minimum Gasteiger partial charge on any atom is -0.314 e. The maximum Gasteiger partial charge on any atom is 0.243 e. The molecule has 0 aliphatic carbocycles. The van der Waals surface area contributed by atoms with Crippen molar-refractivity contribution in [2.75, 3.05) is 46.3 Å². The van der Waals surface area contributed by atoms with Crippen LogP contribution < -0.4 is 5.32 Å². The van der Waals surface area contributed by atoms with Crippen LogP contribution in [0.3, 0.4) is 0 Å².